The molecule has 4 aliphatic carbocycles. The molecule has 3 saturated carbocycles. The van der Waals surface area contributed by atoms with Gasteiger partial charge < -0.3 is 0 Å². The predicted octanol–water partition coefficient (Wildman–Crippen LogP) is 8.98. The summed E-state index contributed by atoms with van der Waals surface area (Å²) >= 11 is 0. The largest absolute Gasteiger partial charge is 0.294 e. The molecule has 3 fully saturated rings. The molecule has 0 bridgehead atoms. The molecule has 5 rings (SSSR count). The summed E-state index contributed by atoms with van der Waals surface area (Å²) in [4.78, 5) is 13.8. The number of ketones is 1. The Hall–Kier alpha value is -1.37. The Morgan fingerprint density at radius 3 is 2.41 bits per heavy atom. The molecule has 1 nitrogen and oxygen atoms in total. The first-order valence-corrected chi connectivity index (χ1v) is 14.6. The normalized spacial score (nSPS) is 40.4. The molecule has 1 heteroatoms. The fourth-order valence-electron chi connectivity index (χ4n) is 9.64. The predicted molar refractivity (Wildman–Crippen MR) is 143 cm³/mol. The van der Waals surface area contributed by atoms with Crippen LogP contribution in [0.2, 0.25) is 0 Å². The summed E-state index contributed by atoms with van der Waals surface area (Å²) in [6, 6.07) is 10.6. The average molecular weight is 461 g/mol. The van der Waals surface area contributed by atoms with E-state index < -0.39 is 0 Å². The second-order valence-corrected chi connectivity index (χ2v) is 13.6. The smallest absolute Gasteiger partial charge is 0.162 e. The van der Waals surface area contributed by atoms with Gasteiger partial charge in [0.25, 0.3) is 0 Å². The molecule has 1 aromatic rings. The minimum absolute atomic E-state index is 0.135. The molecule has 0 saturated heterocycles. The molecule has 34 heavy (non-hydrogen) atoms. The van der Waals surface area contributed by atoms with Crippen LogP contribution >= 0.6 is 0 Å². The van der Waals surface area contributed by atoms with Gasteiger partial charge in [-0.15, -0.1) is 0 Å². The molecule has 0 radical (unpaired) electrons. The molecule has 0 N–H and O–H groups in total. The Bertz CT molecular complexity index is 912. The van der Waals surface area contributed by atoms with Crippen molar-refractivity contribution in [1.82, 2.24) is 0 Å². The summed E-state index contributed by atoms with van der Waals surface area (Å²) in [5.41, 5.74) is 2.90. The number of rotatable bonds is 6. The van der Waals surface area contributed by atoms with E-state index in [0.717, 1.165) is 36.0 Å². The Morgan fingerprint density at radius 1 is 0.912 bits per heavy atom. The summed E-state index contributed by atoms with van der Waals surface area (Å²) in [5, 5.41) is 0. The van der Waals surface area contributed by atoms with Crippen LogP contribution in [0.3, 0.4) is 0 Å². The van der Waals surface area contributed by atoms with Gasteiger partial charge in [-0.3, -0.25) is 4.79 Å². The number of allylic oxidation sites excluding steroid dienone is 2. The van der Waals surface area contributed by atoms with Crippen LogP contribution in [-0.2, 0) is 4.79 Å². The fourth-order valence-corrected chi connectivity index (χ4v) is 9.64. The van der Waals surface area contributed by atoms with E-state index in [2.05, 4.69) is 71.0 Å². The summed E-state index contributed by atoms with van der Waals surface area (Å²) in [6.45, 7) is 12.3. The van der Waals surface area contributed by atoms with Gasteiger partial charge in [0, 0.05) is 5.41 Å². The van der Waals surface area contributed by atoms with Gasteiger partial charge in [-0.05, 0) is 109 Å². The van der Waals surface area contributed by atoms with Crippen molar-refractivity contribution in [3.05, 3.63) is 42.0 Å². The van der Waals surface area contributed by atoms with Gasteiger partial charge in [-0.25, -0.2) is 0 Å². The first kappa shape index (κ1) is 24.3. The van der Waals surface area contributed by atoms with Gasteiger partial charge >= 0.3 is 0 Å². The Labute approximate surface area is 209 Å². The van der Waals surface area contributed by atoms with Crippen LogP contribution in [0.1, 0.15) is 104 Å². The standard InChI is InChI=1S/C33H48O/c1-22(2)10-9-11-23(3)28-16-17-29-27-15-14-26-20-25(24-12-7-6-8-13-24)21-31(34)33(26,5)30(27)18-19-32(28,29)4/h6-8,12-13,21-23,26-30H,9-11,14-20H2,1-5H3/t23-,26?,27-,28+,29-,30-,32+,33-/m0/s1. The van der Waals surface area contributed by atoms with Crippen molar-refractivity contribution in [2.45, 2.75) is 98.8 Å². The molecule has 8 atom stereocenters. The fraction of sp³-hybridized carbons (Fsp3) is 0.727. The lowest BCUT2D eigenvalue weighted by Gasteiger charge is -2.59. The van der Waals surface area contributed by atoms with E-state index in [0.29, 0.717) is 23.0 Å². The van der Waals surface area contributed by atoms with Crippen molar-refractivity contribution >= 4 is 11.4 Å². The van der Waals surface area contributed by atoms with E-state index in [1.165, 1.54) is 68.9 Å². The third-order valence-corrected chi connectivity index (χ3v) is 11.6. The molecule has 1 unspecified atom stereocenters. The van der Waals surface area contributed by atoms with Gasteiger partial charge in [0.2, 0.25) is 0 Å². The highest BCUT2D eigenvalue weighted by atomic mass is 16.1. The van der Waals surface area contributed by atoms with E-state index in [1.54, 1.807) is 0 Å². The maximum Gasteiger partial charge on any atom is 0.162 e. The highest BCUT2D eigenvalue weighted by Crippen LogP contribution is 2.68. The van der Waals surface area contributed by atoms with Crippen molar-refractivity contribution in [1.29, 1.82) is 0 Å². The molecule has 0 heterocycles. The number of fused-ring (bicyclic) bond motifs is 5. The molecular weight excluding hydrogens is 412 g/mol. The van der Waals surface area contributed by atoms with Crippen LogP contribution in [0.15, 0.2) is 36.4 Å². The number of hydrogen-bond donors (Lipinski definition) is 0. The number of hydrogen-bond acceptors (Lipinski definition) is 1. The van der Waals surface area contributed by atoms with Crippen LogP contribution in [0, 0.1) is 52.3 Å². The average Bonchev–Trinajstić information content (AvgIpc) is 3.17. The van der Waals surface area contributed by atoms with Gasteiger partial charge in [0.1, 0.15) is 0 Å². The number of carbonyl (C=O) groups is 1. The zero-order valence-corrected chi connectivity index (χ0v) is 22.5. The molecular formula is C33H48O. The summed E-state index contributed by atoms with van der Waals surface area (Å²) in [6.07, 6.45) is 15.4. The first-order valence-electron chi connectivity index (χ1n) is 14.6. The number of benzene rings is 1. The van der Waals surface area contributed by atoms with E-state index in [-0.39, 0.29) is 5.41 Å². The SMILES string of the molecule is CC(C)CCC[C@H](C)[C@H]1CC[C@H]2[C@@H]3CCC4CC(c5ccccc5)=CC(=O)[C@]4(C)[C@H]3CC[C@]12C. The maximum absolute atomic E-state index is 13.8. The van der Waals surface area contributed by atoms with Gasteiger partial charge in [-0.1, -0.05) is 84.2 Å². The highest BCUT2D eigenvalue weighted by molar-refractivity contribution is 6.02. The third-order valence-electron chi connectivity index (χ3n) is 11.6. The summed E-state index contributed by atoms with van der Waals surface area (Å²) in [7, 11) is 0. The van der Waals surface area contributed by atoms with E-state index in [1.807, 2.05) is 0 Å². The molecule has 186 valence electrons. The van der Waals surface area contributed by atoms with Crippen LogP contribution in [-0.4, -0.2) is 5.78 Å². The Kier molecular flexibility index (Phi) is 6.62. The second kappa shape index (κ2) is 9.25. The van der Waals surface area contributed by atoms with Crippen LogP contribution < -0.4 is 0 Å². The third kappa shape index (κ3) is 3.94. The van der Waals surface area contributed by atoms with Crippen LogP contribution in [0.5, 0.6) is 0 Å². The summed E-state index contributed by atoms with van der Waals surface area (Å²) in [5.74, 6) is 5.75. The van der Waals surface area contributed by atoms with Crippen molar-refractivity contribution in [3.8, 4) is 0 Å². The lowest BCUT2D eigenvalue weighted by Crippen LogP contribution is -2.55. The Balaban J connectivity index is 1.34. The maximum atomic E-state index is 13.8. The van der Waals surface area contributed by atoms with Crippen molar-refractivity contribution in [2.24, 2.45) is 52.3 Å². The van der Waals surface area contributed by atoms with E-state index in [9.17, 15) is 4.79 Å². The van der Waals surface area contributed by atoms with Gasteiger partial charge in [0.15, 0.2) is 5.78 Å². The molecule has 0 aromatic heterocycles. The Morgan fingerprint density at radius 2 is 1.68 bits per heavy atom. The van der Waals surface area contributed by atoms with E-state index in [4.69, 9.17) is 0 Å². The van der Waals surface area contributed by atoms with Crippen molar-refractivity contribution in [3.63, 3.8) is 0 Å². The van der Waals surface area contributed by atoms with Gasteiger partial charge in [-0.2, -0.15) is 0 Å². The van der Waals surface area contributed by atoms with Gasteiger partial charge in [0.05, 0.1) is 0 Å². The van der Waals surface area contributed by atoms with E-state index >= 15 is 0 Å². The second-order valence-electron chi connectivity index (χ2n) is 13.6. The van der Waals surface area contributed by atoms with Crippen LogP contribution in [0.25, 0.3) is 5.57 Å². The summed E-state index contributed by atoms with van der Waals surface area (Å²) < 4.78 is 0. The van der Waals surface area contributed by atoms with Crippen molar-refractivity contribution < 1.29 is 4.79 Å². The molecule has 1 aromatic carbocycles. The quantitative estimate of drug-likeness (QED) is 0.414. The minimum Gasteiger partial charge on any atom is -0.294 e. The lowest BCUT2D eigenvalue weighted by atomic mass is 9.44. The highest BCUT2D eigenvalue weighted by Gasteiger charge is 2.62. The van der Waals surface area contributed by atoms with Crippen LogP contribution in [0.4, 0.5) is 0 Å². The molecule has 0 aliphatic heterocycles. The topological polar surface area (TPSA) is 17.1 Å². The molecule has 0 spiro atoms. The zero-order valence-electron chi connectivity index (χ0n) is 22.5. The monoisotopic (exact) mass is 460 g/mol. The molecule has 0 amide bonds. The molecule has 4 aliphatic rings. The lowest BCUT2D eigenvalue weighted by molar-refractivity contribution is -0.146. The zero-order chi connectivity index (χ0) is 24.1. The minimum atomic E-state index is -0.135. The van der Waals surface area contributed by atoms with Crippen molar-refractivity contribution in [2.75, 3.05) is 0 Å². The number of carbonyl (C=O) groups excluding carboxylic acids is 1. The first-order chi connectivity index (χ1) is 16.2.